The summed E-state index contributed by atoms with van der Waals surface area (Å²) < 4.78 is 1.87. The summed E-state index contributed by atoms with van der Waals surface area (Å²) in [7, 11) is 1.87. The number of amides is 2. The van der Waals surface area contributed by atoms with Gasteiger partial charge in [0.05, 0.1) is 23.2 Å². The van der Waals surface area contributed by atoms with Crippen LogP contribution in [0.25, 0.3) is 0 Å². The second-order valence-electron chi connectivity index (χ2n) is 9.52. The van der Waals surface area contributed by atoms with Gasteiger partial charge >= 0.3 is 0 Å². The highest BCUT2D eigenvalue weighted by Crippen LogP contribution is 2.48. The summed E-state index contributed by atoms with van der Waals surface area (Å²) >= 11 is 3.02. The molecule has 0 radical (unpaired) electrons. The van der Waals surface area contributed by atoms with Crippen LogP contribution < -0.4 is 10.2 Å². The molecule has 0 saturated carbocycles. The fourth-order valence-electron chi connectivity index (χ4n) is 4.43. The number of carbonyl (C=O) groups excluding carboxylic acids is 2. The molecule has 194 valence electrons. The van der Waals surface area contributed by atoms with Gasteiger partial charge in [0.1, 0.15) is 0 Å². The van der Waals surface area contributed by atoms with Gasteiger partial charge in [-0.05, 0) is 49.2 Å². The van der Waals surface area contributed by atoms with Crippen molar-refractivity contribution in [1.82, 2.24) is 20.1 Å². The van der Waals surface area contributed by atoms with Gasteiger partial charge in [-0.1, -0.05) is 79.3 Å². The summed E-state index contributed by atoms with van der Waals surface area (Å²) in [5.74, 6) is 0.750. The van der Waals surface area contributed by atoms with E-state index < -0.39 is 0 Å². The Bertz CT molecular complexity index is 1450. The zero-order valence-electron chi connectivity index (χ0n) is 21.7. The van der Waals surface area contributed by atoms with E-state index in [9.17, 15) is 9.59 Å². The van der Waals surface area contributed by atoms with Gasteiger partial charge in [-0.15, -0.1) is 10.2 Å². The molecule has 1 aliphatic rings. The maximum Gasteiger partial charge on any atom is 0.251 e. The minimum absolute atomic E-state index is 0.0343. The van der Waals surface area contributed by atoms with E-state index in [4.69, 9.17) is 0 Å². The lowest BCUT2D eigenvalue weighted by molar-refractivity contribution is -0.115. The number of thioether (sulfide) groups is 1. The molecule has 9 heteroatoms. The first-order valence-electron chi connectivity index (χ1n) is 12.4. The van der Waals surface area contributed by atoms with Crippen molar-refractivity contribution in [3.63, 3.8) is 0 Å². The average molecular weight is 544 g/mol. The monoisotopic (exact) mass is 543 g/mol. The zero-order valence-corrected chi connectivity index (χ0v) is 23.3. The number of nitrogens with zero attached hydrogens (tertiary/aromatic N) is 4. The number of hydrogen-bond donors (Lipinski definition) is 1. The molecule has 5 rings (SSSR count). The normalized spacial score (nSPS) is 13.1. The van der Waals surface area contributed by atoms with Crippen LogP contribution in [0.3, 0.4) is 0 Å². The Morgan fingerprint density at radius 2 is 1.61 bits per heavy atom. The smallest absolute Gasteiger partial charge is 0.251 e. The number of aryl methyl sites for hydroxylation is 1. The fraction of sp³-hybridized carbons (Fsp3) is 0.241. The standard InChI is InChI=1S/C29H29N5O2S2/c1-18(2)26(30-28(36)20-11-9-10-19(3)16-20)27-31-32-29(33(27)4)37-17-25(35)34-21-12-5-7-14-23(21)38-24-15-8-6-13-22(24)34/h5-16,18,26H,17H2,1-4H3,(H,30,36)/t26-/m0/s1. The molecule has 0 bridgehead atoms. The van der Waals surface area contributed by atoms with Crippen molar-refractivity contribution in [2.75, 3.05) is 10.7 Å². The van der Waals surface area contributed by atoms with Crippen molar-refractivity contribution in [2.45, 2.75) is 41.8 Å². The summed E-state index contributed by atoms with van der Waals surface area (Å²) in [6.45, 7) is 6.04. The molecule has 7 nitrogen and oxygen atoms in total. The molecule has 2 amide bonds. The summed E-state index contributed by atoms with van der Waals surface area (Å²) in [5, 5.41) is 12.5. The lowest BCUT2D eigenvalue weighted by Gasteiger charge is -2.30. The Balaban J connectivity index is 1.33. The first kappa shape index (κ1) is 26.1. The SMILES string of the molecule is Cc1cccc(C(=O)N[C@H](c2nnc(SCC(=O)N3c4ccccc4Sc4ccccc43)n2C)C(C)C)c1. The third-order valence-corrected chi connectivity index (χ3v) is 8.52. The molecule has 3 aromatic carbocycles. The summed E-state index contributed by atoms with van der Waals surface area (Å²) in [5.41, 5.74) is 3.41. The van der Waals surface area contributed by atoms with Crippen LogP contribution in [0.2, 0.25) is 0 Å². The van der Waals surface area contributed by atoms with Crippen LogP contribution in [-0.4, -0.2) is 32.3 Å². The van der Waals surface area contributed by atoms with Crippen LogP contribution in [-0.2, 0) is 11.8 Å². The van der Waals surface area contributed by atoms with Crippen LogP contribution >= 0.6 is 23.5 Å². The first-order valence-corrected chi connectivity index (χ1v) is 14.2. The van der Waals surface area contributed by atoms with Crippen molar-refractivity contribution in [3.05, 3.63) is 89.7 Å². The Morgan fingerprint density at radius 1 is 0.947 bits per heavy atom. The van der Waals surface area contributed by atoms with Gasteiger partial charge in [0.25, 0.3) is 5.91 Å². The Kier molecular flexibility index (Phi) is 7.58. The molecule has 0 aliphatic carbocycles. The molecular weight excluding hydrogens is 514 g/mol. The summed E-state index contributed by atoms with van der Waals surface area (Å²) in [4.78, 5) is 30.4. The quantitative estimate of drug-likeness (QED) is 0.281. The average Bonchev–Trinajstić information content (AvgIpc) is 3.28. The van der Waals surface area contributed by atoms with Crippen molar-refractivity contribution in [3.8, 4) is 0 Å². The summed E-state index contributed by atoms with van der Waals surface area (Å²) in [6.07, 6.45) is 0. The number of para-hydroxylation sites is 2. The summed E-state index contributed by atoms with van der Waals surface area (Å²) in [6, 6.07) is 23.1. The van der Waals surface area contributed by atoms with Crippen LogP contribution in [0.15, 0.2) is 87.7 Å². The number of anilines is 2. The molecule has 0 unspecified atom stereocenters. The van der Waals surface area contributed by atoms with Crippen molar-refractivity contribution >= 4 is 46.7 Å². The van der Waals surface area contributed by atoms with Crippen LogP contribution in [0.5, 0.6) is 0 Å². The van der Waals surface area contributed by atoms with Gasteiger partial charge in [-0.2, -0.15) is 0 Å². The van der Waals surface area contributed by atoms with E-state index in [1.165, 1.54) is 11.8 Å². The number of benzene rings is 3. The van der Waals surface area contributed by atoms with Gasteiger partial charge in [-0.3, -0.25) is 14.5 Å². The maximum atomic E-state index is 13.6. The van der Waals surface area contributed by atoms with E-state index in [-0.39, 0.29) is 29.5 Å². The first-order chi connectivity index (χ1) is 18.3. The Labute approximate surface area is 231 Å². The molecule has 2 heterocycles. The predicted molar refractivity (Wildman–Crippen MR) is 152 cm³/mol. The highest BCUT2D eigenvalue weighted by atomic mass is 32.2. The van der Waals surface area contributed by atoms with Crippen molar-refractivity contribution in [2.24, 2.45) is 13.0 Å². The highest BCUT2D eigenvalue weighted by molar-refractivity contribution is 8.00. The topological polar surface area (TPSA) is 80.1 Å². The highest BCUT2D eigenvalue weighted by Gasteiger charge is 2.29. The second kappa shape index (κ2) is 11.0. The van der Waals surface area contributed by atoms with Crippen molar-refractivity contribution < 1.29 is 9.59 Å². The van der Waals surface area contributed by atoms with Crippen LogP contribution in [0.1, 0.15) is 41.6 Å². The lowest BCUT2D eigenvalue weighted by Crippen LogP contribution is -2.33. The van der Waals surface area contributed by atoms with Gasteiger partial charge in [0, 0.05) is 22.4 Å². The molecule has 0 saturated heterocycles. The van der Waals surface area contributed by atoms with Crippen LogP contribution in [0.4, 0.5) is 11.4 Å². The molecule has 0 spiro atoms. The second-order valence-corrected chi connectivity index (χ2v) is 11.5. The number of rotatable bonds is 7. The van der Waals surface area contributed by atoms with E-state index in [2.05, 4.69) is 15.5 Å². The maximum absolute atomic E-state index is 13.6. The van der Waals surface area contributed by atoms with Gasteiger partial charge in [0.2, 0.25) is 5.91 Å². The Morgan fingerprint density at radius 3 is 2.24 bits per heavy atom. The molecule has 0 fully saturated rings. The number of carbonyl (C=O) groups is 2. The predicted octanol–water partition coefficient (Wildman–Crippen LogP) is 6.17. The third kappa shape index (κ3) is 5.21. The number of fused-ring (bicyclic) bond motifs is 2. The molecule has 38 heavy (non-hydrogen) atoms. The van der Waals surface area contributed by atoms with E-state index in [1.807, 2.05) is 99.1 Å². The molecule has 1 N–H and O–H groups in total. The number of hydrogen-bond acceptors (Lipinski definition) is 6. The van der Waals surface area contributed by atoms with E-state index in [0.29, 0.717) is 16.5 Å². The van der Waals surface area contributed by atoms with Gasteiger partial charge in [0.15, 0.2) is 11.0 Å². The van der Waals surface area contributed by atoms with Gasteiger partial charge in [-0.25, -0.2) is 0 Å². The molecule has 4 aromatic rings. The molecular formula is C29H29N5O2S2. The fourth-order valence-corrected chi connectivity index (χ4v) is 6.25. The van der Waals surface area contributed by atoms with E-state index in [0.717, 1.165) is 26.7 Å². The van der Waals surface area contributed by atoms with Gasteiger partial charge < -0.3 is 9.88 Å². The van der Waals surface area contributed by atoms with Crippen molar-refractivity contribution in [1.29, 1.82) is 0 Å². The molecule has 1 aromatic heterocycles. The third-order valence-electron chi connectivity index (χ3n) is 6.39. The number of nitrogens with one attached hydrogen (secondary N) is 1. The minimum Gasteiger partial charge on any atom is -0.342 e. The van der Waals surface area contributed by atoms with E-state index >= 15 is 0 Å². The molecule has 1 aliphatic heterocycles. The minimum atomic E-state index is -0.330. The van der Waals surface area contributed by atoms with E-state index in [1.54, 1.807) is 22.7 Å². The largest absolute Gasteiger partial charge is 0.342 e. The van der Waals surface area contributed by atoms with Crippen LogP contribution in [0, 0.1) is 12.8 Å². The molecule has 1 atom stereocenters. The number of aromatic nitrogens is 3. The Hall–Kier alpha value is -3.56. The lowest BCUT2D eigenvalue weighted by atomic mass is 10.0. The zero-order chi connectivity index (χ0) is 26.8.